The maximum atomic E-state index is 11.2. The summed E-state index contributed by atoms with van der Waals surface area (Å²) in [5.41, 5.74) is 3.17. The predicted octanol–water partition coefficient (Wildman–Crippen LogP) is 9.42. The summed E-state index contributed by atoms with van der Waals surface area (Å²) in [5.74, 6) is -0.0819. The van der Waals surface area contributed by atoms with Crippen molar-refractivity contribution in [1.82, 2.24) is 0 Å². The van der Waals surface area contributed by atoms with E-state index in [9.17, 15) is 15.0 Å². The topological polar surface area (TPSA) is 87.0 Å². The first-order chi connectivity index (χ1) is 18.7. The number of ether oxygens (including phenoxy) is 1. The number of phenolic OH excluding ortho intramolecular Hbond substituents is 1. The molecular formula is C35H54O5S2. The average molecular weight is 619 g/mol. The Balaban J connectivity index is 2.57. The van der Waals surface area contributed by atoms with Crippen LogP contribution in [0.4, 0.5) is 0 Å². The Hall–Kier alpha value is -1.83. The molecule has 0 spiro atoms. The van der Waals surface area contributed by atoms with Crippen LogP contribution in [0.15, 0.2) is 34.1 Å². The van der Waals surface area contributed by atoms with Crippen LogP contribution in [0.3, 0.4) is 0 Å². The number of aliphatic carboxylic acids is 1. The molecule has 2 rings (SSSR count). The summed E-state index contributed by atoms with van der Waals surface area (Å²) < 4.78 is 6.03. The zero-order chi connectivity index (χ0) is 32.6. The van der Waals surface area contributed by atoms with Gasteiger partial charge in [0.1, 0.15) is 11.5 Å². The van der Waals surface area contributed by atoms with E-state index < -0.39 is 12.1 Å². The molecule has 0 saturated heterocycles. The van der Waals surface area contributed by atoms with E-state index in [1.807, 2.05) is 0 Å². The molecule has 2 aromatic carbocycles. The maximum Gasteiger partial charge on any atom is 0.332 e. The van der Waals surface area contributed by atoms with Gasteiger partial charge in [-0.05, 0) is 59.8 Å². The fourth-order valence-corrected chi connectivity index (χ4v) is 7.31. The van der Waals surface area contributed by atoms with Gasteiger partial charge in [-0.15, -0.1) is 23.5 Å². The lowest BCUT2D eigenvalue weighted by Crippen LogP contribution is -2.24. The fourth-order valence-electron chi connectivity index (χ4n) is 4.73. The summed E-state index contributed by atoms with van der Waals surface area (Å²) in [5, 5.41) is 30.1. The monoisotopic (exact) mass is 618 g/mol. The number of aromatic hydroxyl groups is 1. The summed E-state index contributed by atoms with van der Waals surface area (Å²) in [6, 6.07) is 8.68. The number of phenols is 1. The number of carbonyl (C=O) groups is 1. The summed E-state index contributed by atoms with van der Waals surface area (Å²) >= 11 is 3.60. The summed E-state index contributed by atoms with van der Waals surface area (Å²) in [6.45, 7) is 30.3. The van der Waals surface area contributed by atoms with E-state index >= 15 is 0 Å². The SMILES string of the molecule is CC(C)(Sc1cc(C(C)(C)C)c(O)c(C(C)(C)C)c1)Sc1cc(C(C)(C)C)c(OCC[C@@H](O)C(=O)O)c(C(C)(C)C)c1. The Labute approximate surface area is 263 Å². The molecule has 0 amide bonds. The molecule has 2 aromatic rings. The molecule has 0 aliphatic carbocycles. The van der Waals surface area contributed by atoms with Gasteiger partial charge in [-0.1, -0.05) is 83.1 Å². The highest BCUT2D eigenvalue weighted by molar-refractivity contribution is 8.18. The van der Waals surface area contributed by atoms with E-state index in [1.165, 1.54) is 0 Å². The van der Waals surface area contributed by atoms with Crippen LogP contribution in [-0.2, 0) is 26.5 Å². The van der Waals surface area contributed by atoms with E-state index in [2.05, 4.69) is 121 Å². The normalized spacial score (nSPS) is 14.2. The third-order valence-electron chi connectivity index (χ3n) is 7.03. The number of aliphatic hydroxyl groups is 1. The van der Waals surface area contributed by atoms with Crippen molar-refractivity contribution in [3.8, 4) is 11.5 Å². The van der Waals surface area contributed by atoms with Crippen molar-refractivity contribution in [3.05, 3.63) is 46.5 Å². The predicted molar refractivity (Wildman–Crippen MR) is 179 cm³/mol. The number of benzene rings is 2. The van der Waals surface area contributed by atoms with E-state index in [1.54, 1.807) is 23.5 Å². The third kappa shape index (κ3) is 9.59. The van der Waals surface area contributed by atoms with Crippen LogP contribution in [0.1, 0.15) is 126 Å². The molecule has 0 aliphatic heterocycles. The van der Waals surface area contributed by atoms with Crippen LogP contribution in [0.25, 0.3) is 0 Å². The Kier molecular flexibility index (Phi) is 11.0. The average Bonchev–Trinajstić information content (AvgIpc) is 2.77. The van der Waals surface area contributed by atoms with Crippen molar-refractivity contribution < 1.29 is 24.9 Å². The van der Waals surface area contributed by atoms with Crippen LogP contribution < -0.4 is 4.74 Å². The van der Waals surface area contributed by atoms with Crippen molar-refractivity contribution >= 4 is 29.5 Å². The Morgan fingerprint density at radius 2 is 1.02 bits per heavy atom. The Bertz CT molecular complexity index is 1200. The lowest BCUT2D eigenvalue weighted by molar-refractivity contribution is -0.147. The number of hydrogen-bond donors (Lipinski definition) is 3. The van der Waals surface area contributed by atoms with E-state index in [0.29, 0.717) is 5.75 Å². The summed E-state index contributed by atoms with van der Waals surface area (Å²) in [6.07, 6.45) is -1.44. The van der Waals surface area contributed by atoms with Crippen molar-refractivity contribution in [2.75, 3.05) is 6.61 Å². The molecule has 3 N–H and O–H groups in total. The lowest BCUT2D eigenvalue weighted by Gasteiger charge is -2.32. The van der Waals surface area contributed by atoms with E-state index in [-0.39, 0.29) is 38.8 Å². The van der Waals surface area contributed by atoms with Crippen molar-refractivity contribution in [2.24, 2.45) is 0 Å². The first-order valence-corrected chi connectivity index (χ1v) is 16.4. The van der Waals surface area contributed by atoms with Gasteiger partial charge in [0.2, 0.25) is 0 Å². The van der Waals surface area contributed by atoms with Crippen molar-refractivity contribution in [2.45, 2.75) is 145 Å². The minimum Gasteiger partial charge on any atom is -0.507 e. The third-order valence-corrected chi connectivity index (χ3v) is 9.45. The minimum absolute atomic E-state index is 0.0163. The lowest BCUT2D eigenvalue weighted by atomic mass is 9.79. The quantitative estimate of drug-likeness (QED) is 0.191. The molecule has 0 fully saturated rings. The van der Waals surface area contributed by atoms with Gasteiger partial charge in [-0.3, -0.25) is 0 Å². The molecule has 42 heavy (non-hydrogen) atoms. The van der Waals surface area contributed by atoms with Crippen LogP contribution in [0.2, 0.25) is 0 Å². The largest absolute Gasteiger partial charge is 0.507 e. The molecule has 0 saturated carbocycles. The van der Waals surface area contributed by atoms with Gasteiger partial charge in [0.15, 0.2) is 6.10 Å². The van der Waals surface area contributed by atoms with Crippen LogP contribution in [-0.4, -0.2) is 38.1 Å². The molecule has 236 valence electrons. The van der Waals surface area contributed by atoms with Crippen molar-refractivity contribution in [1.29, 1.82) is 0 Å². The van der Waals surface area contributed by atoms with Gasteiger partial charge >= 0.3 is 5.97 Å². The number of thioether (sulfide) groups is 2. The number of hydrogen-bond acceptors (Lipinski definition) is 6. The summed E-state index contributed by atoms with van der Waals surface area (Å²) in [4.78, 5) is 13.4. The molecule has 0 aromatic heterocycles. The summed E-state index contributed by atoms with van der Waals surface area (Å²) in [7, 11) is 0. The van der Waals surface area contributed by atoms with E-state index in [4.69, 9.17) is 9.84 Å². The van der Waals surface area contributed by atoms with Gasteiger partial charge < -0.3 is 20.1 Å². The molecule has 0 heterocycles. The second kappa shape index (κ2) is 12.6. The van der Waals surface area contributed by atoms with Crippen LogP contribution in [0, 0.1) is 0 Å². The standard InChI is InChI=1S/C35H54O5S2/c1-31(2,3)23-17-21(18-24(28(23)37)32(4,5)6)41-35(13,14)42-22-19-25(33(7,8)9)29(26(20-22)34(10,11)12)40-16-15-27(36)30(38)39/h17-20,27,36-37H,15-16H2,1-14H3,(H,38,39)/t27-/m1/s1. The molecule has 1 atom stereocenters. The number of carboxylic acid groups (broad SMARTS) is 1. The second-order valence-electron chi connectivity index (χ2n) is 15.8. The number of rotatable bonds is 9. The Morgan fingerprint density at radius 3 is 1.33 bits per heavy atom. The zero-order valence-corrected chi connectivity index (χ0v) is 29.9. The Morgan fingerprint density at radius 1 is 0.690 bits per heavy atom. The molecule has 0 bridgehead atoms. The first kappa shape index (κ1) is 36.4. The van der Waals surface area contributed by atoms with Crippen LogP contribution >= 0.6 is 23.5 Å². The fraction of sp³-hybridized carbons (Fsp3) is 0.629. The molecule has 7 heteroatoms. The first-order valence-electron chi connectivity index (χ1n) is 14.7. The van der Waals surface area contributed by atoms with Gasteiger partial charge in [-0.2, -0.15) is 0 Å². The van der Waals surface area contributed by atoms with Gasteiger partial charge in [0.25, 0.3) is 0 Å². The second-order valence-corrected chi connectivity index (χ2v) is 19.5. The van der Waals surface area contributed by atoms with Gasteiger partial charge in [-0.25, -0.2) is 4.79 Å². The number of carboxylic acids is 1. The van der Waals surface area contributed by atoms with E-state index in [0.717, 1.165) is 37.8 Å². The van der Waals surface area contributed by atoms with Crippen LogP contribution in [0.5, 0.6) is 11.5 Å². The highest BCUT2D eigenvalue weighted by Crippen LogP contribution is 2.51. The highest BCUT2D eigenvalue weighted by atomic mass is 32.2. The molecular weight excluding hydrogens is 565 g/mol. The molecule has 0 radical (unpaired) electrons. The zero-order valence-electron chi connectivity index (χ0n) is 28.3. The van der Waals surface area contributed by atoms with Gasteiger partial charge in [0, 0.05) is 38.5 Å². The molecule has 0 aliphatic rings. The maximum absolute atomic E-state index is 11.2. The van der Waals surface area contributed by atoms with Crippen molar-refractivity contribution in [3.63, 3.8) is 0 Å². The van der Waals surface area contributed by atoms with Gasteiger partial charge in [0.05, 0.1) is 10.7 Å². The highest BCUT2D eigenvalue weighted by Gasteiger charge is 2.32. The molecule has 0 unspecified atom stereocenters. The smallest absolute Gasteiger partial charge is 0.332 e. The minimum atomic E-state index is -1.45. The molecule has 5 nitrogen and oxygen atoms in total. The number of aliphatic hydroxyl groups excluding tert-OH is 1.